The smallest absolute Gasteiger partial charge is 0.343 e. The topological polar surface area (TPSA) is 126 Å². The predicted molar refractivity (Wildman–Crippen MR) is 82.2 cm³/mol. The van der Waals surface area contributed by atoms with Crippen LogP contribution in [0.2, 0.25) is 10.0 Å². The van der Waals surface area contributed by atoms with E-state index < -0.39 is 43.3 Å². The molecule has 134 valence electrons. The molecule has 5 atom stereocenters. The summed E-state index contributed by atoms with van der Waals surface area (Å²) in [5, 5.41) is 38.4. The summed E-state index contributed by atoms with van der Waals surface area (Å²) in [5.41, 5.74) is -0.113. The number of ether oxygens (including phenoxy) is 3. The first-order valence-corrected chi connectivity index (χ1v) is 7.60. The van der Waals surface area contributed by atoms with Crippen molar-refractivity contribution in [1.82, 2.24) is 0 Å². The van der Waals surface area contributed by atoms with Crippen LogP contribution in [0.3, 0.4) is 0 Å². The first kappa shape index (κ1) is 19.2. The van der Waals surface area contributed by atoms with Crippen LogP contribution in [-0.2, 0) is 9.47 Å². The second-order valence-corrected chi connectivity index (χ2v) is 5.89. The number of halogens is 2. The van der Waals surface area contributed by atoms with Gasteiger partial charge in [-0.25, -0.2) is 4.79 Å². The molecule has 1 unspecified atom stereocenters. The molecule has 4 N–H and O–H groups in total. The Bertz CT molecular complexity index is 611. The van der Waals surface area contributed by atoms with E-state index in [1.54, 1.807) is 0 Å². The van der Waals surface area contributed by atoms with Crippen LogP contribution in [0.25, 0.3) is 0 Å². The van der Waals surface area contributed by atoms with Gasteiger partial charge in [0.1, 0.15) is 36.6 Å². The molecule has 2 rings (SSSR count). The third-order valence-electron chi connectivity index (χ3n) is 3.53. The first-order valence-electron chi connectivity index (χ1n) is 6.84. The second kappa shape index (κ2) is 7.83. The summed E-state index contributed by atoms with van der Waals surface area (Å²) >= 11 is 11.9. The Kier molecular flexibility index (Phi) is 6.27. The number of benzene rings is 1. The normalized spacial score (nSPS) is 30.0. The summed E-state index contributed by atoms with van der Waals surface area (Å²) in [7, 11) is 1.30. The van der Waals surface area contributed by atoms with Crippen molar-refractivity contribution in [3.63, 3.8) is 0 Å². The third-order valence-corrected chi connectivity index (χ3v) is 4.15. The molecule has 1 aromatic rings. The SMILES string of the molecule is COc1c(Cl)ccc(Cl)c1C(=O)OC[C@H]1OC(O)[C@H](O)[C@@H](O)[C@@H]1O. The zero-order valence-electron chi connectivity index (χ0n) is 12.4. The number of aliphatic hydroxyl groups is 4. The molecule has 10 heteroatoms. The van der Waals surface area contributed by atoms with Crippen LogP contribution in [0.5, 0.6) is 5.75 Å². The molecule has 1 fully saturated rings. The zero-order chi connectivity index (χ0) is 18.0. The van der Waals surface area contributed by atoms with Crippen LogP contribution in [0.4, 0.5) is 0 Å². The van der Waals surface area contributed by atoms with Crippen molar-refractivity contribution in [2.45, 2.75) is 30.7 Å². The first-order chi connectivity index (χ1) is 11.3. The molecule has 8 nitrogen and oxygen atoms in total. The molecule has 0 bridgehead atoms. The molecule has 0 radical (unpaired) electrons. The maximum atomic E-state index is 12.2. The Balaban J connectivity index is 2.10. The minimum atomic E-state index is -1.73. The number of carbonyl (C=O) groups is 1. The van der Waals surface area contributed by atoms with E-state index >= 15 is 0 Å². The standard InChI is InChI=1S/C14H16Cl2O8/c1-22-12-6(16)3-2-5(15)8(12)13(20)23-4-7-9(17)10(18)11(19)14(21)24-7/h2-3,7,9-11,14,17-19,21H,4H2,1H3/t7-,9-,10+,11-,14?/m1/s1. The monoisotopic (exact) mass is 382 g/mol. The van der Waals surface area contributed by atoms with Crippen LogP contribution in [0.15, 0.2) is 12.1 Å². The molecule has 1 heterocycles. The van der Waals surface area contributed by atoms with Gasteiger partial charge in [-0.3, -0.25) is 0 Å². The largest absolute Gasteiger partial charge is 0.494 e. The lowest BCUT2D eigenvalue weighted by atomic mass is 9.99. The highest BCUT2D eigenvalue weighted by molar-refractivity contribution is 6.37. The van der Waals surface area contributed by atoms with E-state index in [1.807, 2.05) is 0 Å². The van der Waals surface area contributed by atoms with Crippen molar-refractivity contribution in [2.75, 3.05) is 13.7 Å². The maximum Gasteiger partial charge on any atom is 0.343 e. The molecule has 1 saturated heterocycles. The second-order valence-electron chi connectivity index (χ2n) is 5.07. The van der Waals surface area contributed by atoms with Crippen molar-refractivity contribution in [3.05, 3.63) is 27.7 Å². The Morgan fingerprint density at radius 2 is 1.75 bits per heavy atom. The average Bonchev–Trinajstić information content (AvgIpc) is 2.56. The number of rotatable bonds is 4. The molecule has 0 amide bonds. The van der Waals surface area contributed by atoms with Gasteiger partial charge in [-0.15, -0.1) is 0 Å². The molecule has 1 aromatic carbocycles. The van der Waals surface area contributed by atoms with Crippen molar-refractivity contribution in [1.29, 1.82) is 0 Å². The van der Waals surface area contributed by atoms with Crippen LogP contribution < -0.4 is 4.74 Å². The van der Waals surface area contributed by atoms with Gasteiger partial charge in [-0.2, -0.15) is 0 Å². The van der Waals surface area contributed by atoms with Crippen molar-refractivity contribution in [2.24, 2.45) is 0 Å². The predicted octanol–water partition coefficient (Wildman–Crippen LogP) is -0.0413. The lowest BCUT2D eigenvalue weighted by molar-refractivity contribution is -0.286. The van der Waals surface area contributed by atoms with Gasteiger partial charge in [0.05, 0.1) is 17.2 Å². The van der Waals surface area contributed by atoms with Gasteiger partial charge < -0.3 is 34.6 Å². The highest BCUT2D eigenvalue weighted by Crippen LogP contribution is 2.34. The van der Waals surface area contributed by atoms with Gasteiger partial charge in [0.2, 0.25) is 0 Å². The lowest BCUT2D eigenvalue weighted by Crippen LogP contribution is -2.58. The molecule has 1 aliphatic rings. The average molecular weight is 383 g/mol. The van der Waals surface area contributed by atoms with E-state index in [1.165, 1.54) is 19.2 Å². The number of aliphatic hydroxyl groups excluding tert-OH is 4. The van der Waals surface area contributed by atoms with Gasteiger partial charge in [0, 0.05) is 0 Å². The van der Waals surface area contributed by atoms with Crippen LogP contribution in [0, 0.1) is 0 Å². The molecular formula is C14H16Cl2O8. The Labute approximate surface area is 147 Å². The fourth-order valence-corrected chi connectivity index (χ4v) is 2.68. The van der Waals surface area contributed by atoms with Gasteiger partial charge >= 0.3 is 5.97 Å². The van der Waals surface area contributed by atoms with Crippen LogP contribution >= 0.6 is 23.2 Å². The summed E-state index contributed by atoms with van der Waals surface area (Å²) in [6.07, 6.45) is -7.85. The summed E-state index contributed by atoms with van der Waals surface area (Å²) in [6, 6.07) is 2.83. The summed E-state index contributed by atoms with van der Waals surface area (Å²) in [5.74, 6) is -0.875. The summed E-state index contributed by atoms with van der Waals surface area (Å²) in [6.45, 7) is -0.507. The number of hydrogen-bond donors (Lipinski definition) is 4. The molecule has 1 aliphatic heterocycles. The molecule has 0 spiro atoms. The Morgan fingerprint density at radius 1 is 1.12 bits per heavy atom. The number of carbonyl (C=O) groups excluding carboxylic acids is 1. The van der Waals surface area contributed by atoms with E-state index in [2.05, 4.69) is 0 Å². The quantitative estimate of drug-likeness (QED) is 0.534. The van der Waals surface area contributed by atoms with E-state index in [4.69, 9.17) is 37.4 Å². The molecule has 0 aliphatic carbocycles. The van der Waals surface area contributed by atoms with E-state index in [9.17, 15) is 25.2 Å². The lowest BCUT2D eigenvalue weighted by Gasteiger charge is -2.37. The molecule has 24 heavy (non-hydrogen) atoms. The highest BCUT2D eigenvalue weighted by Gasteiger charge is 2.43. The summed E-state index contributed by atoms with van der Waals surface area (Å²) < 4.78 is 14.9. The van der Waals surface area contributed by atoms with Gasteiger partial charge in [-0.1, -0.05) is 23.2 Å². The van der Waals surface area contributed by atoms with E-state index in [0.717, 1.165) is 0 Å². The maximum absolute atomic E-state index is 12.2. The number of esters is 1. The number of hydrogen-bond acceptors (Lipinski definition) is 8. The molecular weight excluding hydrogens is 367 g/mol. The van der Waals surface area contributed by atoms with Crippen molar-refractivity contribution >= 4 is 29.2 Å². The fraction of sp³-hybridized carbons (Fsp3) is 0.500. The Morgan fingerprint density at radius 3 is 2.38 bits per heavy atom. The van der Waals surface area contributed by atoms with E-state index in [0.29, 0.717) is 0 Å². The summed E-state index contributed by atoms with van der Waals surface area (Å²) in [4.78, 5) is 12.2. The third kappa shape index (κ3) is 3.75. The van der Waals surface area contributed by atoms with Gasteiger partial charge in [0.15, 0.2) is 12.0 Å². The van der Waals surface area contributed by atoms with Crippen molar-refractivity contribution < 1.29 is 39.4 Å². The Hall–Kier alpha value is -1.13. The number of methoxy groups -OCH3 is 1. The van der Waals surface area contributed by atoms with Gasteiger partial charge in [-0.05, 0) is 12.1 Å². The molecule has 0 aromatic heterocycles. The van der Waals surface area contributed by atoms with Crippen LogP contribution in [0.1, 0.15) is 10.4 Å². The minimum Gasteiger partial charge on any atom is -0.494 e. The van der Waals surface area contributed by atoms with Gasteiger partial charge in [0.25, 0.3) is 0 Å². The highest BCUT2D eigenvalue weighted by atomic mass is 35.5. The van der Waals surface area contributed by atoms with Crippen LogP contribution in [-0.4, -0.2) is 70.8 Å². The zero-order valence-corrected chi connectivity index (χ0v) is 13.9. The van der Waals surface area contributed by atoms with E-state index in [-0.39, 0.29) is 21.4 Å². The molecule has 0 saturated carbocycles. The fourth-order valence-electron chi connectivity index (χ4n) is 2.22. The van der Waals surface area contributed by atoms with Crippen molar-refractivity contribution in [3.8, 4) is 5.75 Å². The minimum absolute atomic E-state index is 0.0229.